The molecule has 1 rings (SSSR count). The van der Waals surface area contributed by atoms with Crippen LogP contribution in [-0.4, -0.2) is 4.98 Å². The zero-order chi connectivity index (χ0) is 8.43. The van der Waals surface area contributed by atoms with Gasteiger partial charge in [0.2, 0.25) is 5.56 Å². The molecule has 1 aromatic heterocycles. The quantitative estimate of drug-likeness (QED) is 0.550. The lowest BCUT2D eigenvalue weighted by atomic mass is 10.2. The van der Waals surface area contributed by atoms with E-state index in [0.29, 0.717) is 11.4 Å². The summed E-state index contributed by atoms with van der Waals surface area (Å²) in [7, 11) is 0. The zero-order valence-corrected chi connectivity index (χ0v) is 6.01. The van der Waals surface area contributed by atoms with E-state index in [9.17, 15) is 4.79 Å². The molecule has 0 saturated carbocycles. The minimum atomic E-state index is -0.298. The Hall–Kier alpha value is -1.76. The third-order valence-electron chi connectivity index (χ3n) is 1.40. The van der Waals surface area contributed by atoms with E-state index in [1.807, 2.05) is 6.07 Å². The number of aromatic amines is 1. The molecule has 0 aliphatic carbocycles. The van der Waals surface area contributed by atoms with E-state index >= 15 is 0 Å². The van der Waals surface area contributed by atoms with E-state index in [0.717, 1.165) is 0 Å². The van der Waals surface area contributed by atoms with Gasteiger partial charge < -0.3 is 10.7 Å². The standard InChI is InChI=1S/C7H7N3O/c1-4-7(9)5(3-8)2-6(11)10-4/h2H,9H2,1H3,(H,10,11). The predicted octanol–water partition coefficient (Wildman–Crippen LogP) is 0.137. The maximum Gasteiger partial charge on any atom is 0.249 e. The number of nitrogens with zero attached hydrogens (tertiary/aromatic N) is 1. The zero-order valence-electron chi connectivity index (χ0n) is 6.01. The van der Waals surface area contributed by atoms with Crippen molar-refractivity contribution in [1.29, 1.82) is 5.26 Å². The van der Waals surface area contributed by atoms with Gasteiger partial charge in [-0.2, -0.15) is 5.26 Å². The second-order valence-electron chi connectivity index (χ2n) is 2.20. The van der Waals surface area contributed by atoms with Crippen molar-refractivity contribution in [3.8, 4) is 6.07 Å². The van der Waals surface area contributed by atoms with Crippen LogP contribution in [0.1, 0.15) is 11.3 Å². The number of nitriles is 1. The summed E-state index contributed by atoms with van der Waals surface area (Å²) in [4.78, 5) is 13.2. The topological polar surface area (TPSA) is 82.7 Å². The van der Waals surface area contributed by atoms with Gasteiger partial charge in [-0.05, 0) is 6.92 Å². The van der Waals surface area contributed by atoms with Crippen LogP contribution in [0.4, 0.5) is 5.69 Å². The van der Waals surface area contributed by atoms with Crippen LogP contribution in [0.3, 0.4) is 0 Å². The molecule has 0 unspecified atom stereocenters. The number of H-pyrrole nitrogens is 1. The van der Waals surface area contributed by atoms with Gasteiger partial charge in [-0.15, -0.1) is 0 Å². The number of hydrogen-bond donors (Lipinski definition) is 2. The minimum Gasteiger partial charge on any atom is -0.396 e. The third kappa shape index (κ3) is 1.22. The molecular weight excluding hydrogens is 142 g/mol. The number of nitrogens with two attached hydrogens (primary N) is 1. The van der Waals surface area contributed by atoms with Crippen molar-refractivity contribution in [1.82, 2.24) is 4.98 Å². The Bertz CT molecular complexity index is 372. The van der Waals surface area contributed by atoms with Gasteiger partial charge in [0.05, 0.1) is 11.3 Å². The number of anilines is 1. The molecule has 0 amide bonds. The van der Waals surface area contributed by atoms with E-state index in [1.54, 1.807) is 6.92 Å². The van der Waals surface area contributed by atoms with Crippen LogP contribution in [-0.2, 0) is 0 Å². The molecule has 0 aliphatic heterocycles. The monoisotopic (exact) mass is 149 g/mol. The van der Waals surface area contributed by atoms with Crippen LogP contribution in [0.25, 0.3) is 0 Å². The number of nitrogens with one attached hydrogen (secondary N) is 1. The van der Waals surface area contributed by atoms with Crippen molar-refractivity contribution >= 4 is 5.69 Å². The molecule has 1 heterocycles. The Morgan fingerprint density at radius 2 is 2.36 bits per heavy atom. The molecule has 56 valence electrons. The van der Waals surface area contributed by atoms with Crippen LogP contribution in [0.15, 0.2) is 10.9 Å². The number of aromatic nitrogens is 1. The fourth-order valence-electron chi connectivity index (χ4n) is 0.792. The Morgan fingerprint density at radius 3 is 2.91 bits per heavy atom. The Morgan fingerprint density at radius 1 is 1.73 bits per heavy atom. The van der Waals surface area contributed by atoms with Crippen molar-refractivity contribution in [2.45, 2.75) is 6.92 Å². The third-order valence-corrected chi connectivity index (χ3v) is 1.40. The molecule has 4 heteroatoms. The number of nitrogen functional groups attached to an aromatic ring is 1. The molecular formula is C7H7N3O. The molecule has 4 nitrogen and oxygen atoms in total. The second kappa shape index (κ2) is 2.46. The van der Waals surface area contributed by atoms with Gasteiger partial charge in [0.25, 0.3) is 0 Å². The summed E-state index contributed by atoms with van der Waals surface area (Å²) in [6.45, 7) is 1.65. The predicted molar refractivity (Wildman–Crippen MR) is 40.9 cm³/mol. The summed E-state index contributed by atoms with van der Waals surface area (Å²) in [6.07, 6.45) is 0. The lowest BCUT2D eigenvalue weighted by molar-refractivity contribution is 1.14. The summed E-state index contributed by atoms with van der Waals surface area (Å²) in [5.41, 5.74) is 6.28. The highest BCUT2D eigenvalue weighted by Gasteiger charge is 2.01. The van der Waals surface area contributed by atoms with E-state index in [1.165, 1.54) is 6.07 Å². The Kier molecular flexibility index (Phi) is 1.65. The summed E-state index contributed by atoms with van der Waals surface area (Å²) < 4.78 is 0. The van der Waals surface area contributed by atoms with Gasteiger partial charge in [-0.25, -0.2) is 0 Å². The first kappa shape index (κ1) is 7.35. The second-order valence-corrected chi connectivity index (χ2v) is 2.20. The van der Waals surface area contributed by atoms with Crippen LogP contribution in [0, 0.1) is 18.3 Å². The fourth-order valence-corrected chi connectivity index (χ4v) is 0.792. The molecule has 0 spiro atoms. The first-order valence-electron chi connectivity index (χ1n) is 3.04. The van der Waals surface area contributed by atoms with Crippen LogP contribution < -0.4 is 11.3 Å². The molecule has 0 atom stereocenters. The van der Waals surface area contributed by atoms with E-state index < -0.39 is 0 Å². The molecule has 3 N–H and O–H groups in total. The van der Waals surface area contributed by atoms with Crippen molar-refractivity contribution in [3.05, 3.63) is 27.7 Å². The van der Waals surface area contributed by atoms with E-state index in [4.69, 9.17) is 11.0 Å². The van der Waals surface area contributed by atoms with Gasteiger partial charge in [0.15, 0.2) is 0 Å². The van der Waals surface area contributed by atoms with E-state index in [2.05, 4.69) is 4.98 Å². The highest BCUT2D eigenvalue weighted by atomic mass is 16.1. The lowest BCUT2D eigenvalue weighted by Crippen LogP contribution is -2.10. The molecule has 0 fully saturated rings. The van der Waals surface area contributed by atoms with Crippen LogP contribution in [0.2, 0.25) is 0 Å². The maximum absolute atomic E-state index is 10.8. The minimum absolute atomic E-state index is 0.228. The maximum atomic E-state index is 10.8. The molecule has 0 aliphatic rings. The first-order valence-corrected chi connectivity index (χ1v) is 3.04. The summed E-state index contributed by atoms with van der Waals surface area (Å²) in [5.74, 6) is 0. The van der Waals surface area contributed by atoms with Gasteiger partial charge in [0.1, 0.15) is 6.07 Å². The van der Waals surface area contributed by atoms with Gasteiger partial charge >= 0.3 is 0 Å². The first-order chi connectivity index (χ1) is 5.15. The molecule has 0 saturated heterocycles. The number of rotatable bonds is 0. The SMILES string of the molecule is Cc1[nH]c(=O)cc(C#N)c1N. The Balaban J connectivity index is 3.52. The Labute approximate surface area is 63.3 Å². The lowest BCUT2D eigenvalue weighted by Gasteiger charge is -1.98. The number of hydrogen-bond acceptors (Lipinski definition) is 3. The number of aryl methyl sites for hydroxylation is 1. The molecule has 11 heavy (non-hydrogen) atoms. The highest BCUT2D eigenvalue weighted by Crippen LogP contribution is 2.09. The normalized spacial score (nSPS) is 9.09. The molecule has 0 radical (unpaired) electrons. The van der Waals surface area contributed by atoms with Crippen molar-refractivity contribution in [2.24, 2.45) is 0 Å². The smallest absolute Gasteiger partial charge is 0.249 e. The molecule has 0 aromatic carbocycles. The summed E-state index contributed by atoms with van der Waals surface area (Å²) in [6, 6.07) is 3.01. The van der Waals surface area contributed by atoms with E-state index in [-0.39, 0.29) is 11.1 Å². The summed E-state index contributed by atoms with van der Waals surface area (Å²) >= 11 is 0. The average molecular weight is 149 g/mol. The molecule has 1 aromatic rings. The highest BCUT2D eigenvalue weighted by molar-refractivity contribution is 5.55. The molecule has 0 bridgehead atoms. The van der Waals surface area contributed by atoms with Crippen molar-refractivity contribution < 1.29 is 0 Å². The van der Waals surface area contributed by atoms with Crippen LogP contribution >= 0.6 is 0 Å². The summed E-state index contributed by atoms with van der Waals surface area (Å²) in [5, 5.41) is 8.48. The van der Waals surface area contributed by atoms with Crippen molar-refractivity contribution in [2.75, 3.05) is 5.73 Å². The van der Waals surface area contributed by atoms with Gasteiger partial charge in [-0.3, -0.25) is 4.79 Å². The largest absolute Gasteiger partial charge is 0.396 e. The van der Waals surface area contributed by atoms with Gasteiger partial charge in [0, 0.05) is 11.8 Å². The fraction of sp³-hybridized carbons (Fsp3) is 0.143. The van der Waals surface area contributed by atoms with Crippen LogP contribution in [0.5, 0.6) is 0 Å². The van der Waals surface area contributed by atoms with Crippen molar-refractivity contribution in [3.63, 3.8) is 0 Å². The average Bonchev–Trinajstić information content (AvgIpc) is 1.96. The van der Waals surface area contributed by atoms with Gasteiger partial charge in [-0.1, -0.05) is 0 Å². The number of pyridine rings is 1.